The van der Waals surface area contributed by atoms with E-state index in [0.717, 1.165) is 11.1 Å². The fraction of sp³-hybridized carbons (Fsp3) is 0.263. The third-order valence-corrected chi connectivity index (χ3v) is 5.03. The van der Waals surface area contributed by atoms with Crippen molar-refractivity contribution in [1.29, 1.82) is 0 Å². The first-order valence-corrected chi connectivity index (χ1v) is 8.73. The lowest BCUT2D eigenvalue weighted by molar-refractivity contribution is 0.301. The van der Waals surface area contributed by atoms with Crippen LogP contribution in [0.2, 0.25) is 0 Å². The van der Waals surface area contributed by atoms with Gasteiger partial charge in [0, 0.05) is 5.56 Å². The smallest absolute Gasteiger partial charge is 0.207 e. The molecule has 0 saturated carbocycles. The van der Waals surface area contributed by atoms with E-state index in [4.69, 9.17) is 18.9 Å². The Morgan fingerprint density at radius 3 is 2.04 bits per heavy atom. The van der Waals surface area contributed by atoms with E-state index in [2.05, 4.69) is 4.72 Å². The van der Waals surface area contributed by atoms with Crippen LogP contribution in [0.15, 0.2) is 41.8 Å². The summed E-state index contributed by atoms with van der Waals surface area (Å²) in [6.45, 7) is 0. The molecule has 5 nitrogen and oxygen atoms in total. The normalized spacial score (nSPS) is 18.7. The molecular formula is C19H20FNO4S. The molecule has 0 saturated heterocycles. The Kier molecular flexibility index (Phi) is 5.29. The summed E-state index contributed by atoms with van der Waals surface area (Å²) in [5.74, 6) is 1.59. The highest BCUT2D eigenvalue weighted by Gasteiger charge is 2.40. The van der Waals surface area contributed by atoms with Gasteiger partial charge in [-0.1, -0.05) is 24.1 Å². The SMILES string of the molecule is COc1cc(C2(c3ccc(F)cc3)C=CSN2)c(OC)c(OC)c1OC. The highest BCUT2D eigenvalue weighted by atomic mass is 32.2. The summed E-state index contributed by atoms with van der Waals surface area (Å²) in [7, 11) is 6.21. The van der Waals surface area contributed by atoms with Gasteiger partial charge >= 0.3 is 0 Å². The number of rotatable bonds is 6. The van der Waals surface area contributed by atoms with Crippen LogP contribution < -0.4 is 23.7 Å². The number of ether oxygens (including phenoxy) is 4. The number of methoxy groups -OCH3 is 4. The van der Waals surface area contributed by atoms with Gasteiger partial charge in [-0.3, -0.25) is 0 Å². The van der Waals surface area contributed by atoms with E-state index in [0.29, 0.717) is 23.0 Å². The molecular weight excluding hydrogens is 357 g/mol. The van der Waals surface area contributed by atoms with E-state index in [1.165, 1.54) is 24.1 Å². The van der Waals surface area contributed by atoms with Crippen molar-refractivity contribution in [2.45, 2.75) is 5.54 Å². The van der Waals surface area contributed by atoms with Crippen molar-refractivity contribution in [3.05, 3.63) is 58.8 Å². The molecule has 0 amide bonds. The maximum atomic E-state index is 13.5. The molecule has 2 aromatic carbocycles. The van der Waals surface area contributed by atoms with Gasteiger partial charge in [-0.05, 0) is 35.2 Å². The molecule has 0 fully saturated rings. The van der Waals surface area contributed by atoms with Crippen LogP contribution in [0.5, 0.6) is 23.0 Å². The summed E-state index contributed by atoms with van der Waals surface area (Å²) >= 11 is 1.44. The molecule has 1 aliphatic rings. The molecule has 26 heavy (non-hydrogen) atoms. The van der Waals surface area contributed by atoms with Crippen molar-refractivity contribution in [2.75, 3.05) is 28.4 Å². The van der Waals surface area contributed by atoms with Gasteiger partial charge in [0.25, 0.3) is 0 Å². The topological polar surface area (TPSA) is 49.0 Å². The van der Waals surface area contributed by atoms with Crippen LogP contribution in [0.3, 0.4) is 0 Å². The maximum Gasteiger partial charge on any atom is 0.207 e. The number of hydrogen-bond donors (Lipinski definition) is 1. The summed E-state index contributed by atoms with van der Waals surface area (Å²) in [4.78, 5) is 0. The number of halogens is 1. The molecule has 0 aromatic heterocycles. The first-order chi connectivity index (χ1) is 12.6. The number of nitrogens with one attached hydrogen (secondary N) is 1. The van der Waals surface area contributed by atoms with E-state index in [1.54, 1.807) is 40.6 Å². The van der Waals surface area contributed by atoms with Crippen molar-refractivity contribution >= 4 is 11.9 Å². The molecule has 1 N–H and O–H groups in total. The second-order valence-electron chi connectivity index (χ2n) is 5.56. The first-order valence-electron chi connectivity index (χ1n) is 7.85. The van der Waals surface area contributed by atoms with Crippen molar-refractivity contribution in [2.24, 2.45) is 0 Å². The van der Waals surface area contributed by atoms with Crippen molar-refractivity contribution in [3.63, 3.8) is 0 Å². The van der Waals surface area contributed by atoms with E-state index >= 15 is 0 Å². The van der Waals surface area contributed by atoms with Gasteiger partial charge in [-0.2, -0.15) is 0 Å². The van der Waals surface area contributed by atoms with Crippen LogP contribution >= 0.6 is 11.9 Å². The predicted octanol–water partition coefficient (Wildman–Crippen LogP) is 3.87. The minimum Gasteiger partial charge on any atom is -0.493 e. The molecule has 0 spiro atoms. The van der Waals surface area contributed by atoms with Crippen LogP contribution in [-0.4, -0.2) is 28.4 Å². The van der Waals surface area contributed by atoms with E-state index in [-0.39, 0.29) is 5.82 Å². The summed E-state index contributed by atoms with van der Waals surface area (Å²) in [5.41, 5.74) is 0.881. The lowest BCUT2D eigenvalue weighted by atomic mass is 9.82. The second-order valence-corrected chi connectivity index (χ2v) is 6.28. The molecule has 138 valence electrons. The molecule has 0 aliphatic carbocycles. The Morgan fingerprint density at radius 1 is 0.885 bits per heavy atom. The van der Waals surface area contributed by atoms with Crippen molar-refractivity contribution in [3.8, 4) is 23.0 Å². The van der Waals surface area contributed by atoms with Gasteiger partial charge in [0.1, 0.15) is 11.4 Å². The van der Waals surface area contributed by atoms with Crippen LogP contribution in [0.4, 0.5) is 4.39 Å². The predicted molar refractivity (Wildman–Crippen MR) is 99.7 cm³/mol. The maximum absolute atomic E-state index is 13.5. The third kappa shape index (κ3) is 2.87. The first kappa shape index (κ1) is 18.4. The Morgan fingerprint density at radius 2 is 1.54 bits per heavy atom. The van der Waals surface area contributed by atoms with Crippen LogP contribution in [-0.2, 0) is 5.54 Å². The molecule has 1 heterocycles. The lowest BCUT2D eigenvalue weighted by Crippen LogP contribution is -2.35. The number of benzene rings is 2. The molecule has 7 heteroatoms. The van der Waals surface area contributed by atoms with Crippen LogP contribution in [0.1, 0.15) is 11.1 Å². The molecule has 0 radical (unpaired) electrons. The molecule has 1 aliphatic heterocycles. The van der Waals surface area contributed by atoms with E-state index in [9.17, 15) is 4.39 Å². The van der Waals surface area contributed by atoms with Gasteiger partial charge < -0.3 is 18.9 Å². The van der Waals surface area contributed by atoms with Crippen molar-refractivity contribution < 1.29 is 23.3 Å². The average molecular weight is 377 g/mol. The molecule has 2 aromatic rings. The summed E-state index contributed by atoms with van der Waals surface area (Å²) < 4.78 is 39.0. The van der Waals surface area contributed by atoms with Gasteiger partial charge in [0.2, 0.25) is 11.5 Å². The van der Waals surface area contributed by atoms with Gasteiger partial charge in [0.15, 0.2) is 11.5 Å². The minimum atomic E-state index is -0.740. The highest BCUT2D eigenvalue weighted by molar-refractivity contribution is 8.00. The number of hydrogen-bond acceptors (Lipinski definition) is 6. The Hall–Kier alpha value is -2.38. The fourth-order valence-corrected chi connectivity index (χ4v) is 3.91. The average Bonchev–Trinajstić information content (AvgIpc) is 3.17. The summed E-state index contributed by atoms with van der Waals surface area (Å²) in [6, 6.07) is 8.18. The molecule has 0 bridgehead atoms. The monoisotopic (exact) mass is 377 g/mol. The zero-order chi connectivity index (χ0) is 18.7. The van der Waals surface area contributed by atoms with E-state index in [1.807, 2.05) is 17.6 Å². The zero-order valence-corrected chi connectivity index (χ0v) is 15.8. The van der Waals surface area contributed by atoms with Crippen LogP contribution in [0, 0.1) is 5.82 Å². The summed E-state index contributed by atoms with van der Waals surface area (Å²) in [6.07, 6.45) is 1.99. The fourth-order valence-electron chi connectivity index (χ4n) is 3.09. The Bertz CT molecular complexity index is 825. The van der Waals surface area contributed by atoms with E-state index < -0.39 is 5.54 Å². The standard InChI is InChI=1S/C19H20FNO4S/c1-22-15-11-14(16(23-2)18(25-4)17(15)24-3)19(9-10-26-21-19)12-5-7-13(20)8-6-12/h5-11,21H,1-4H3. The second kappa shape index (κ2) is 7.47. The molecule has 1 unspecified atom stereocenters. The van der Waals surface area contributed by atoms with Gasteiger partial charge in [0.05, 0.1) is 28.4 Å². The largest absolute Gasteiger partial charge is 0.493 e. The molecule has 3 rings (SSSR count). The Balaban J connectivity index is 2.31. The van der Waals surface area contributed by atoms with Gasteiger partial charge in [-0.25, -0.2) is 9.11 Å². The summed E-state index contributed by atoms with van der Waals surface area (Å²) in [5, 5.41) is 1.94. The Labute approximate surface area is 156 Å². The van der Waals surface area contributed by atoms with Crippen LogP contribution in [0.25, 0.3) is 0 Å². The quantitative estimate of drug-likeness (QED) is 0.772. The lowest BCUT2D eigenvalue weighted by Gasteiger charge is -2.31. The third-order valence-electron chi connectivity index (χ3n) is 4.32. The molecule has 1 atom stereocenters. The van der Waals surface area contributed by atoms with Crippen molar-refractivity contribution in [1.82, 2.24) is 4.72 Å². The van der Waals surface area contributed by atoms with Gasteiger partial charge in [-0.15, -0.1) is 0 Å². The zero-order valence-electron chi connectivity index (χ0n) is 15.0. The highest BCUT2D eigenvalue weighted by Crippen LogP contribution is 2.52. The minimum absolute atomic E-state index is 0.296.